The fourth-order valence-electron chi connectivity index (χ4n) is 4.09. The van der Waals surface area contributed by atoms with Gasteiger partial charge in [-0.05, 0) is 41.5 Å². The second kappa shape index (κ2) is 11.4. The van der Waals surface area contributed by atoms with E-state index in [0.717, 1.165) is 25.6 Å². The number of ether oxygens (including phenoxy) is 1. The predicted octanol–water partition coefficient (Wildman–Crippen LogP) is 5.48. The monoisotopic (exact) mass is 543 g/mol. The molecule has 3 rings (SSSR count). The normalized spacial score (nSPS) is 11.8. The Hall–Kier alpha value is -3.95. The molecule has 0 radical (unpaired) electrons. The van der Waals surface area contributed by atoms with Crippen LogP contribution in [0.5, 0.6) is 11.5 Å². The van der Waals surface area contributed by atoms with Gasteiger partial charge in [0.05, 0.1) is 7.11 Å². The number of halogens is 2. The van der Waals surface area contributed by atoms with Crippen molar-refractivity contribution in [3.05, 3.63) is 64.7 Å². The third-order valence-electron chi connectivity index (χ3n) is 6.16. The molecular formula is C29H35F2N3O5. The molecule has 0 atom stereocenters. The van der Waals surface area contributed by atoms with Crippen LogP contribution in [0.3, 0.4) is 0 Å². The summed E-state index contributed by atoms with van der Waals surface area (Å²) in [6, 6.07) is 5.40. The predicted molar refractivity (Wildman–Crippen MR) is 143 cm³/mol. The van der Waals surface area contributed by atoms with E-state index in [-0.39, 0.29) is 52.6 Å². The second-order valence-electron chi connectivity index (χ2n) is 11.3. The van der Waals surface area contributed by atoms with Gasteiger partial charge >= 0.3 is 0 Å². The first-order chi connectivity index (χ1) is 18.1. The molecule has 39 heavy (non-hydrogen) atoms. The van der Waals surface area contributed by atoms with Gasteiger partial charge in [0.15, 0.2) is 35.2 Å². The first kappa shape index (κ1) is 29.6. The van der Waals surface area contributed by atoms with E-state index in [9.17, 15) is 23.5 Å². The molecule has 1 heterocycles. The lowest BCUT2D eigenvalue weighted by Gasteiger charge is -2.28. The molecule has 0 aliphatic carbocycles. The summed E-state index contributed by atoms with van der Waals surface area (Å²) < 4.78 is 38.1. The standard InChI is InChI=1S/C29H35F2N3O5/c1-28(2,3)18-11-17(12-19(23(18)35)29(4,5)6)26(36)32-9-8-10-33-27(37)22-24(39-15-34-22)16-13-20(30)25(38-7)21(31)14-16/h11-15,35H,8-10H2,1-7H3,(H,32,36)(H,33,37). The number of hydrogen-bond donors (Lipinski definition) is 3. The average Bonchev–Trinajstić information content (AvgIpc) is 3.32. The van der Waals surface area contributed by atoms with Crippen molar-refractivity contribution in [2.24, 2.45) is 0 Å². The summed E-state index contributed by atoms with van der Waals surface area (Å²) in [5, 5.41) is 16.4. The Morgan fingerprint density at radius 2 is 1.44 bits per heavy atom. The van der Waals surface area contributed by atoms with E-state index in [2.05, 4.69) is 20.4 Å². The lowest BCUT2D eigenvalue weighted by atomic mass is 9.78. The number of oxazole rings is 1. The summed E-state index contributed by atoms with van der Waals surface area (Å²) in [4.78, 5) is 29.5. The molecule has 1 aromatic heterocycles. The van der Waals surface area contributed by atoms with Gasteiger partial charge in [-0.3, -0.25) is 9.59 Å². The number of methoxy groups -OCH3 is 1. The number of phenols is 1. The highest BCUT2D eigenvalue weighted by atomic mass is 19.1. The van der Waals surface area contributed by atoms with Crippen LogP contribution in [0, 0.1) is 11.6 Å². The number of benzene rings is 2. The van der Waals surface area contributed by atoms with E-state index >= 15 is 0 Å². The van der Waals surface area contributed by atoms with Gasteiger partial charge in [0.2, 0.25) is 0 Å². The van der Waals surface area contributed by atoms with Crippen molar-refractivity contribution in [2.45, 2.75) is 58.8 Å². The van der Waals surface area contributed by atoms with Crippen molar-refractivity contribution in [3.63, 3.8) is 0 Å². The van der Waals surface area contributed by atoms with Gasteiger partial charge in [-0.1, -0.05) is 41.5 Å². The Kier molecular flexibility index (Phi) is 8.67. The number of aromatic nitrogens is 1. The number of amides is 2. The smallest absolute Gasteiger partial charge is 0.273 e. The number of aromatic hydroxyl groups is 1. The first-order valence-electron chi connectivity index (χ1n) is 12.6. The van der Waals surface area contributed by atoms with Crippen LogP contribution in [-0.4, -0.2) is 42.1 Å². The minimum atomic E-state index is -0.941. The maximum Gasteiger partial charge on any atom is 0.273 e. The zero-order chi connectivity index (χ0) is 29.1. The molecule has 3 N–H and O–H groups in total. The SMILES string of the molecule is COc1c(F)cc(-c2ocnc2C(=O)NCCCNC(=O)c2cc(C(C)(C)C)c(O)c(C(C)(C)C)c2)cc1F. The molecule has 210 valence electrons. The van der Waals surface area contributed by atoms with Crippen molar-refractivity contribution in [1.82, 2.24) is 15.6 Å². The van der Waals surface area contributed by atoms with Gasteiger partial charge in [0, 0.05) is 35.3 Å². The fourth-order valence-corrected chi connectivity index (χ4v) is 4.09. The Balaban J connectivity index is 1.62. The zero-order valence-corrected chi connectivity index (χ0v) is 23.3. The van der Waals surface area contributed by atoms with E-state index in [1.807, 2.05) is 41.5 Å². The topological polar surface area (TPSA) is 114 Å². The Bertz CT molecular complexity index is 1310. The molecule has 0 bridgehead atoms. The molecule has 0 saturated carbocycles. The summed E-state index contributed by atoms with van der Waals surface area (Å²) in [6.07, 6.45) is 1.42. The van der Waals surface area contributed by atoms with E-state index in [4.69, 9.17) is 4.42 Å². The molecule has 2 aromatic carbocycles. The summed E-state index contributed by atoms with van der Waals surface area (Å²) in [5.74, 6) is -3.19. The van der Waals surface area contributed by atoms with Crippen LogP contribution in [0.4, 0.5) is 8.78 Å². The summed E-state index contributed by atoms with van der Waals surface area (Å²) in [6.45, 7) is 12.3. The molecule has 10 heteroatoms. The van der Waals surface area contributed by atoms with Gasteiger partial charge in [-0.15, -0.1) is 0 Å². The number of carbonyl (C=O) groups is 2. The largest absolute Gasteiger partial charge is 0.507 e. The van der Waals surface area contributed by atoms with Gasteiger partial charge in [-0.25, -0.2) is 13.8 Å². The van der Waals surface area contributed by atoms with Crippen LogP contribution in [0.25, 0.3) is 11.3 Å². The lowest BCUT2D eigenvalue weighted by molar-refractivity contribution is 0.0948. The number of nitrogens with zero attached hydrogens (tertiary/aromatic N) is 1. The Labute approximate surface area is 226 Å². The third kappa shape index (κ3) is 6.74. The number of hydrogen-bond acceptors (Lipinski definition) is 6. The average molecular weight is 544 g/mol. The molecule has 0 aliphatic rings. The number of rotatable bonds is 8. The maximum absolute atomic E-state index is 14.1. The molecule has 0 saturated heterocycles. The molecule has 0 aliphatic heterocycles. The molecule has 3 aromatic rings. The summed E-state index contributed by atoms with van der Waals surface area (Å²) >= 11 is 0. The molecule has 0 fully saturated rings. The molecule has 8 nitrogen and oxygen atoms in total. The van der Waals surface area contributed by atoms with Crippen molar-refractivity contribution in [1.29, 1.82) is 0 Å². The van der Waals surface area contributed by atoms with Crippen LogP contribution >= 0.6 is 0 Å². The van der Waals surface area contributed by atoms with E-state index < -0.39 is 23.3 Å². The Morgan fingerprint density at radius 1 is 0.923 bits per heavy atom. The number of carbonyl (C=O) groups excluding carboxylic acids is 2. The van der Waals surface area contributed by atoms with Gasteiger partial charge in [0.1, 0.15) is 5.75 Å². The van der Waals surface area contributed by atoms with Crippen LogP contribution in [0.1, 0.15) is 79.9 Å². The summed E-state index contributed by atoms with van der Waals surface area (Å²) in [5.41, 5.74) is 0.954. The van der Waals surface area contributed by atoms with Gasteiger partial charge in [-0.2, -0.15) is 0 Å². The second-order valence-corrected chi connectivity index (χ2v) is 11.3. The molecule has 0 unspecified atom stereocenters. The number of phenolic OH excluding ortho intramolecular Hbond substituents is 1. The molecule has 0 spiro atoms. The highest BCUT2D eigenvalue weighted by Gasteiger charge is 2.28. The van der Waals surface area contributed by atoms with Gasteiger partial charge < -0.3 is 24.9 Å². The zero-order valence-electron chi connectivity index (χ0n) is 23.3. The molecule has 2 amide bonds. The van der Waals surface area contributed by atoms with E-state index in [0.29, 0.717) is 23.1 Å². The van der Waals surface area contributed by atoms with Crippen LogP contribution in [0.15, 0.2) is 35.1 Å². The summed E-state index contributed by atoms with van der Waals surface area (Å²) in [7, 11) is 1.15. The minimum absolute atomic E-state index is 0.00105. The van der Waals surface area contributed by atoms with E-state index in [1.165, 1.54) is 0 Å². The lowest BCUT2D eigenvalue weighted by Crippen LogP contribution is -2.30. The fraction of sp³-hybridized carbons (Fsp3) is 0.414. The Morgan fingerprint density at radius 3 is 1.92 bits per heavy atom. The minimum Gasteiger partial charge on any atom is -0.507 e. The number of nitrogens with one attached hydrogen (secondary N) is 2. The van der Waals surface area contributed by atoms with Crippen molar-refractivity contribution in [2.75, 3.05) is 20.2 Å². The highest BCUT2D eigenvalue weighted by Crippen LogP contribution is 2.39. The van der Waals surface area contributed by atoms with E-state index in [1.54, 1.807) is 12.1 Å². The third-order valence-corrected chi connectivity index (χ3v) is 6.16. The van der Waals surface area contributed by atoms with Crippen LogP contribution in [-0.2, 0) is 10.8 Å². The molecular weight excluding hydrogens is 508 g/mol. The van der Waals surface area contributed by atoms with Crippen molar-refractivity contribution < 1.29 is 32.6 Å². The van der Waals surface area contributed by atoms with Crippen LogP contribution < -0.4 is 15.4 Å². The quantitative estimate of drug-likeness (QED) is 0.324. The van der Waals surface area contributed by atoms with Crippen LogP contribution in [0.2, 0.25) is 0 Å². The first-order valence-corrected chi connectivity index (χ1v) is 12.6. The maximum atomic E-state index is 14.1. The van der Waals surface area contributed by atoms with Crippen molar-refractivity contribution in [3.8, 4) is 22.8 Å². The highest BCUT2D eigenvalue weighted by molar-refractivity contribution is 5.97. The van der Waals surface area contributed by atoms with Gasteiger partial charge in [0.25, 0.3) is 11.8 Å². The van der Waals surface area contributed by atoms with Crippen molar-refractivity contribution >= 4 is 11.8 Å².